The van der Waals surface area contributed by atoms with Gasteiger partial charge in [0.05, 0.1) is 6.54 Å². The van der Waals surface area contributed by atoms with E-state index >= 15 is 0 Å². The molecule has 1 aromatic heterocycles. The minimum absolute atomic E-state index is 0.0201. The molecular formula is C25H34F2N4O4S. The lowest BCUT2D eigenvalue weighted by Crippen LogP contribution is -2.40. The Labute approximate surface area is 215 Å². The summed E-state index contributed by atoms with van der Waals surface area (Å²) in [5.41, 5.74) is -0.493. The van der Waals surface area contributed by atoms with Crippen LogP contribution in [0.3, 0.4) is 0 Å². The smallest absolute Gasteiger partial charge is 0.410 e. The molecule has 1 saturated carbocycles. The van der Waals surface area contributed by atoms with Gasteiger partial charge in [-0.3, -0.25) is 4.90 Å². The van der Waals surface area contributed by atoms with Crippen molar-refractivity contribution in [3.63, 3.8) is 0 Å². The molecule has 11 heteroatoms. The number of nitrogens with zero attached hydrogens (tertiary/aromatic N) is 4. The van der Waals surface area contributed by atoms with Crippen LogP contribution in [-0.2, 0) is 9.53 Å². The first-order valence-corrected chi connectivity index (χ1v) is 12.7. The summed E-state index contributed by atoms with van der Waals surface area (Å²) in [6.45, 7) is 6.72. The van der Waals surface area contributed by atoms with Crippen molar-refractivity contribution in [2.24, 2.45) is 0 Å². The lowest BCUT2D eigenvalue weighted by atomic mass is 10.2. The number of aromatic nitrogens is 1. The molecule has 8 nitrogen and oxygen atoms in total. The van der Waals surface area contributed by atoms with Gasteiger partial charge in [0.1, 0.15) is 11.9 Å². The normalized spacial score (nSPS) is 16.9. The molecule has 1 aliphatic carbocycles. The quantitative estimate of drug-likeness (QED) is 0.382. The molecule has 1 aliphatic heterocycles. The SMILES string of the molecule is CC(C)(C)OC(=O)N(CC=O)C1CC1.CN1CCN(Sc2cccc3c(OC(F)F)nccc23)CC1. The van der Waals surface area contributed by atoms with Gasteiger partial charge in [0.2, 0.25) is 5.88 Å². The fraction of sp³-hybridized carbons (Fsp3) is 0.560. The second-order valence-electron chi connectivity index (χ2n) is 9.70. The average Bonchev–Trinajstić information content (AvgIpc) is 3.64. The molecule has 0 bridgehead atoms. The number of ether oxygens (including phenoxy) is 2. The van der Waals surface area contributed by atoms with E-state index in [1.807, 2.05) is 39.0 Å². The number of amides is 1. The fourth-order valence-corrected chi connectivity index (χ4v) is 4.63. The molecule has 198 valence electrons. The molecule has 0 spiro atoms. The Morgan fingerprint density at radius 3 is 2.47 bits per heavy atom. The molecule has 36 heavy (non-hydrogen) atoms. The zero-order valence-electron chi connectivity index (χ0n) is 21.2. The number of fused-ring (bicyclic) bond motifs is 1. The Hall–Kier alpha value is -2.50. The number of rotatable bonds is 7. The third-order valence-electron chi connectivity index (χ3n) is 5.51. The number of alkyl halides is 2. The number of piperazine rings is 1. The number of hydrogen-bond acceptors (Lipinski definition) is 8. The van der Waals surface area contributed by atoms with Crippen LogP contribution in [0.2, 0.25) is 0 Å². The van der Waals surface area contributed by atoms with E-state index < -0.39 is 12.2 Å². The molecule has 0 radical (unpaired) electrons. The zero-order chi connectivity index (χ0) is 26.3. The highest BCUT2D eigenvalue weighted by Crippen LogP contribution is 2.34. The molecule has 0 N–H and O–H groups in total. The molecule has 1 saturated heterocycles. The second-order valence-corrected chi connectivity index (χ2v) is 10.8. The summed E-state index contributed by atoms with van der Waals surface area (Å²) in [5.74, 6) is -0.0201. The van der Waals surface area contributed by atoms with Gasteiger partial charge in [-0.1, -0.05) is 6.07 Å². The number of carbonyl (C=O) groups is 2. The van der Waals surface area contributed by atoms with Crippen LogP contribution in [0.5, 0.6) is 5.88 Å². The first-order chi connectivity index (χ1) is 17.1. The van der Waals surface area contributed by atoms with Crippen LogP contribution in [0.4, 0.5) is 13.6 Å². The van der Waals surface area contributed by atoms with Gasteiger partial charge in [0.15, 0.2) is 0 Å². The number of carbonyl (C=O) groups excluding carboxylic acids is 2. The van der Waals surface area contributed by atoms with Crippen LogP contribution < -0.4 is 4.74 Å². The largest absolute Gasteiger partial charge is 0.444 e. The monoisotopic (exact) mass is 524 g/mol. The topological polar surface area (TPSA) is 75.2 Å². The Morgan fingerprint density at radius 1 is 1.19 bits per heavy atom. The summed E-state index contributed by atoms with van der Waals surface area (Å²) in [5, 5.41) is 1.50. The number of halogens is 2. The van der Waals surface area contributed by atoms with Gasteiger partial charge in [-0.15, -0.1) is 0 Å². The zero-order valence-corrected chi connectivity index (χ0v) is 22.0. The third-order valence-corrected chi connectivity index (χ3v) is 6.68. The van der Waals surface area contributed by atoms with Gasteiger partial charge < -0.3 is 19.2 Å². The van der Waals surface area contributed by atoms with E-state index in [1.165, 1.54) is 11.1 Å². The van der Waals surface area contributed by atoms with E-state index in [-0.39, 0.29) is 24.6 Å². The van der Waals surface area contributed by atoms with Crippen molar-refractivity contribution in [1.82, 2.24) is 19.1 Å². The highest BCUT2D eigenvalue weighted by molar-refractivity contribution is 7.97. The average molecular weight is 525 g/mol. The van der Waals surface area contributed by atoms with Gasteiger partial charge in [0, 0.05) is 54.1 Å². The summed E-state index contributed by atoms with van der Waals surface area (Å²) in [6, 6.07) is 7.66. The van der Waals surface area contributed by atoms with E-state index in [0.717, 1.165) is 55.6 Å². The molecule has 2 aromatic rings. The Bertz CT molecular complexity index is 1020. The van der Waals surface area contributed by atoms with Crippen LogP contribution in [-0.4, -0.2) is 89.5 Å². The standard InChI is InChI=1S/C15H17F2N3OS.C10H17NO3/c1-19-7-9-20(10-8-19)22-13-4-2-3-12-11(13)5-6-18-14(12)21-15(16)17;1-10(2,3)14-9(13)11(6-7-12)8-4-5-8/h2-6,15H,7-10H2,1H3;7-8H,4-6H2,1-3H3. The van der Waals surface area contributed by atoms with E-state index in [9.17, 15) is 18.4 Å². The molecule has 2 aliphatic rings. The molecule has 4 rings (SSSR count). The van der Waals surface area contributed by atoms with Crippen LogP contribution in [0.1, 0.15) is 33.6 Å². The van der Waals surface area contributed by atoms with Crippen molar-refractivity contribution >= 4 is 35.1 Å². The second kappa shape index (κ2) is 12.6. The van der Waals surface area contributed by atoms with Crippen LogP contribution in [0.15, 0.2) is 35.4 Å². The first kappa shape index (κ1) is 28.1. The molecule has 0 atom stereocenters. The van der Waals surface area contributed by atoms with E-state index in [1.54, 1.807) is 18.0 Å². The number of benzene rings is 1. The van der Waals surface area contributed by atoms with Crippen molar-refractivity contribution in [1.29, 1.82) is 0 Å². The van der Waals surface area contributed by atoms with Crippen molar-refractivity contribution in [3.05, 3.63) is 30.5 Å². The summed E-state index contributed by atoms with van der Waals surface area (Å²) in [4.78, 5) is 30.7. The lowest BCUT2D eigenvalue weighted by molar-refractivity contribution is -0.109. The maximum absolute atomic E-state index is 12.5. The summed E-state index contributed by atoms with van der Waals surface area (Å²) in [6.07, 6.45) is 3.82. The van der Waals surface area contributed by atoms with Gasteiger partial charge in [0.25, 0.3) is 0 Å². The van der Waals surface area contributed by atoms with Crippen molar-refractivity contribution in [2.45, 2.75) is 56.8 Å². The number of pyridine rings is 1. The summed E-state index contributed by atoms with van der Waals surface area (Å²) < 4.78 is 36.9. The minimum Gasteiger partial charge on any atom is -0.444 e. The van der Waals surface area contributed by atoms with Gasteiger partial charge >= 0.3 is 12.7 Å². The van der Waals surface area contributed by atoms with Gasteiger partial charge in [-0.05, 0) is 70.8 Å². The van der Waals surface area contributed by atoms with E-state index in [0.29, 0.717) is 5.39 Å². The highest BCUT2D eigenvalue weighted by atomic mass is 32.2. The van der Waals surface area contributed by atoms with Gasteiger partial charge in [-0.25, -0.2) is 14.1 Å². The van der Waals surface area contributed by atoms with Crippen molar-refractivity contribution in [2.75, 3.05) is 39.8 Å². The first-order valence-electron chi connectivity index (χ1n) is 11.9. The summed E-state index contributed by atoms with van der Waals surface area (Å²) >= 11 is 1.66. The maximum atomic E-state index is 12.5. The van der Waals surface area contributed by atoms with Crippen LogP contribution in [0, 0.1) is 0 Å². The van der Waals surface area contributed by atoms with Crippen LogP contribution in [0.25, 0.3) is 10.8 Å². The third kappa shape index (κ3) is 8.56. The number of aldehydes is 1. The molecule has 2 heterocycles. The molecular weight excluding hydrogens is 490 g/mol. The Balaban J connectivity index is 0.000000223. The number of hydrogen-bond donors (Lipinski definition) is 0. The van der Waals surface area contributed by atoms with E-state index in [2.05, 4.69) is 26.0 Å². The number of likely N-dealkylation sites (N-methyl/N-ethyl adjacent to an activating group) is 1. The van der Waals surface area contributed by atoms with Gasteiger partial charge in [-0.2, -0.15) is 8.78 Å². The Kier molecular flexibility index (Phi) is 9.86. The molecule has 2 fully saturated rings. The highest BCUT2D eigenvalue weighted by Gasteiger charge is 2.34. The van der Waals surface area contributed by atoms with Crippen molar-refractivity contribution < 1.29 is 27.8 Å². The maximum Gasteiger partial charge on any atom is 0.410 e. The minimum atomic E-state index is -2.87. The predicted octanol–water partition coefficient (Wildman–Crippen LogP) is 4.68. The molecule has 0 unspecified atom stereocenters. The molecule has 1 amide bonds. The Morgan fingerprint density at radius 2 is 1.89 bits per heavy atom. The van der Waals surface area contributed by atoms with Crippen molar-refractivity contribution in [3.8, 4) is 5.88 Å². The van der Waals surface area contributed by atoms with Crippen LogP contribution >= 0.6 is 11.9 Å². The predicted molar refractivity (Wildman–Crippen MR) is 135 cm³/mol. The fourth-order valence-electron chi connectivity index (χ4n) is 3.59. The summed E-state index contributed by atoms with van der Waals surface area (Å²) in [7, 11) is 2.11. The molecule has 1 aromatic carbocycles. The lowest BCUT2D eigenvalue weighted by Gasteiger charge is -2.31. The van der Waals surface area contributed by atoms with E-state index in [4.69, 9.17) is 4.74 Å².